The van der Waals surface area contributed by atoms with Gasteiger partial charge in [0.1, 0.15) is 5.82 Å². The average molecular weight is 245 g/mol. The van der Waals surface area contributed by atoms with Crippen molar-refractivity contribution in [2.24, 2.45) is 0 Å². The highest BCUT2D eigenvalue weighted by Gasteiger charge is 2.08. The van der Waals surface area contributed by atoms with Crippen molar-refractivity contribution in [3.05, 3.63) is 48.0 Å². The minimum atomic E-state index is -1.02. The van der Waals surface area contributed by atoms with Crippen LogP contribution >= 0.6 is 0 Å². The van der Waals surface area contributed by atoms with Crippen LogP contribution in [-0.2, 0) is 0 Å². The molecule has 0 saturated carbocycles. The summed E-state index contributed by atoms with van der Waals surface area (Å²) >= 11 is 0. The molecule has 94 valence electrons. The molecule has 1 aromatic heterocycles. The van der Waals surface area contributed by atoms with Gasteiger partial charge in [-0.15, -0.1) is 0 Å². The Kier molecular flexibility index (Phi) is 3.32. The number of carboxylic acid groups (broad SMARTS) is 1. The van der Waals surface area contributed by atoms with Crippen molar-refractivity contribution in [2.45, 2.75) is 19.9 Å². The van der Waals surface area contributed by atoms with Crippen LogP contribution in [0.5, 0.6) is 0 Å². The molecule has 18 heavy (non-hydrogen) atoms. The molecule has 5 heteroatoms. The monoisotopic (exact) mass is 245 g/mol. The van der Waals surface area contributed by atoms with Crippen LogP contribution in [0.15, 0.2) is 36.7 Å². The van der Waals surface area contributed by atoms with Crippen LogP contribution in [0.2, 0.25) is 0 Å². The summed E-state index contributed by atoms with van der Waals surface area (Å²) in [5.41, 5.74) is 1.94. The predicted octanol–water partition coefficient (Wildman–Crippen LogP) is 2.51. The van der Waals surface area contributed by atoms with E-state index in [4.69, 9.17) is 5.11 Å². The number of hydrogen-bond acceptors (Lipinski definition) is 2. The van der Waals surface area contributed by atoms with Gasteiger partial charge in [-0.25, -0.2) is 9.78 Å². The summed E-state index contributed by atoms with van der Waals surface area (Å²) in [6.07, 6.45) is 2.62. The van der Waals surface area contributed by atoms with Crippen LogP contribution in [-0.4, -0.2) is 20.8 Å². The van der Waals surface area contributed by atoms with Gasteiger partial charge >= 0.3 is 6.09 Å². The lowest BCUT2D eigenvalue weighted by atomic mass is 10.1. The van der Waals surface area contributed by atoms with Gasteiger partial charge in [0.05, 0.1) is 6.04 Å². The third-order valence-corrected chi connectivity index (χ3v) is 2.84. The highest BCUT2D eigenvalue weighted by atomic mass is 16.4. The molecule has 0 saturated heterocycles. The van der Waals surface area contributed by atoms with E-state index in [1.54, 1.807) is 6.20 Å². The smallest absolute Gasteiger partial charge is 0.405 e. The van der Waals surface area contributed by atoms with Crippen LogP contribution < -0.4 is 5.32 Å². The number of nitrogens with one attached hydrogen (secondary N) is 1. The molecule has 1 amide bonds. The van der Waals surface area contributed by atoms with E-state index in [0.717, 1.165) is 17.1 Å². The lowest BCUT2D eigenvalue weighted by molar-refractivity contribution is 0.191. The number of hydrogen-bond donors (Lipinski definition) is 2. The number of aryl methyl sites for hydroxylation is 1. The third-order valence-electron chi connectivity index (χ3n) is 2.84. The maximum Gasteiger partial charge on any atom is 0.405 e. The Labute approximate surface area is 105 Å². The standard InChI is InChI=1S/C13H15N3O2/c1-9(15-13(17)18)11-3-5-12(6-4-11)16-8-7-14-10(16)2/h3-9,15H,1-2H3,(H,17,18). The van der Waals surface area contributed by atoms with Crippen molar-refractivity contribution in [3.8, 4) is 5.69 Å². The summed E-state index contributed by atoms with van der Waals surface area (Å²) in [6, 6.07) is 7.50. The van der Waals surface area contributed by atoms with E-state index in [-0.39, 0.29) is 6.04 Å². The Balaban J connectivity index is 2.20. The summed E-state index contributed by atoms with van der Waals surface area (Å²) in [7, 11) is 0. The van der Waals surface area contributed by atoms with Crippen LogP contribution in [0.4, 0.5) is 4.79 Å². The average Bonchev–Trinajstić information content (AvgIpc) is 2.75. The summed E-state index contributed by atoms with van der Waals surface area (Å²) in [4.78, 5) is 14.7. The van der Waals surface area contributed by atoms with Gasteiger partial charge < -0.3 is 15.0 Å². The Morgan fingerprint density at radius 2 is 2.06 bits per heavy atom. The zero-order valence-corrected chi connectivity index (χ0v) is 10.3. The molecule has 0 aliphatic heterocycles. The van der Waals surface area contributed by atoms with Gasteiger partial charge in [0, 0.05) is 18.1 Å². The molecule has 0 spiro atoms. The molecule has 0 fully saturated rings. The topological polar surface area (TPSA) is 67.2 Å². The second-order valence-electron chi connectivity index (χ2n) is 4.11. The van der Waals surface area contributed by atoms with Gasteiger partial charge in [-0.3, -0.25) is 0 Å². The van der Waals surface area contributed by atoms with Crippen LogP contribution in [0.1, 0.15) is 24.4 Å². The largest absolute Gasteiger partial charge is 0.465 e. The van der Waals surface area contributed by atoms with E-state index >= 15 is 0 Å². The molecule has 5 nitrogen and oxygen atoms in total. The molecule has 2 rings (SSSR count). The van der Waals surface area contributed by atoms with Crippen molar-refractivity contribution in [3.63, 3.8) is 0 Å². The first kappa shape index (κ1) is 12.2. The van der Waals surface area contributed by atoms with Gasteiger partial charge in [-0.1, -0.05) is 12.1 Å². The van der Waals surface area contributed by atoms with Crippen molar-refractivity contribution in [1.29, 1.82) is 0 Å². The zero-order valence-electron chi connectivity index (χ0n) is 10.3. The summed E-state index contributed by atoms with van der Waals surface area (Å²) < 4.78 is 1.97. The van der Waals surface area contributed by atoms with Gasteiger partial charge in [0.2, 0.25) is 0 Å². The molecule has 0 aliphatic rings. The molecule has 1 aromatic carbocycles. The molecule has 1 atom stereocenters. The SMILES string of the molecule is Cc1nccn1-c1ccc(C(C)NC(=O)O)cc1. The first-order chi connectivity index (χ1) is 8.58. The maximum absolute atomic E-state index is 10.6. The number of rotatable bonds is 3. The summed E-state index contributed by atoms with van der Waals surface area (Å²) in [5.74, 6) is 0.916. The van der Waals surface area contributed by atoms with E-state index in [2.05, 4.69) is 10.3 Å². The summed E-state index contributed by atoms with van der Waals surface area (Å²) in [6.45, 7) is 3.74. The van der Waals surface area contributed by atoms with Crippen molar-refractivity contribution in [2.75, 3.05) is 0 Å². The lowest BCUT2D eigenvalue weighted by Crippen LogP contribution is -2.24. The zero-order chi connectivity index (χ0) is 13.1. The first-order valence-electron chi connectivity index (χ1n) is 5.67. The molecule has 1 heterocycles. The normalized spacial score (nSPS) is 12.1. The van der Waals surface area contributed by atoms with Gasteiger partial charge in [0.25, 0.3) is 0 Å². The highest BCUT2D eigenvalue weighted by molar-refractivity contribution is 5.65. The molecule has 1 unspecified atom stereocenters. The number of nitrogens with zero attached hydrogens (tertiary/aromatic N) is 2. The molecular formula is C13H15N3O2. The first-order valence-corrected chi connectivity index (χ1v) is 5.67. The molecule has 2 N–H and O–H groups in total. The van der Waals surface area contributed by atoms with Crippen LogP contribution in [0.25, 0.3) is 5.69 Å². The minimum absolute atomic E-state index is 0.222. The molecule has 0 aliphatic carbocycles. The Morgan fingerprint density at radius 1 is 1.39 bits per heavy atom. The van der Waals surface area contributed by atoms with E-state index < -0.39 is 6.09 Å². The molecule has 0 radical (unpaired) electrons. The third kappa shape index (κ3) is 2.51. The van der Waals surface area contributed by atoms with E-state index in [0.29, 0.717) is 0 Å². The number of amides is 1. The molecular weight excluding hydrogens is 230 g/mol. The Morgan fingerprint density at radius 3 is 2.56 bits per heavy atom. The minimum Gasteiger partial charge on any atom is -0.465 e. The van der Waals surface area contributed by atoms with E-state index in [1.165, 1.54) is 0 Å². The Hall–Kier alpha value is -2.30. The van der Waals surface area contributed by atoms with Gasteiger partial charge in [0.15, 0.2) is 0 Å². The quantitative estimate of drug-likeness (QED) is 0.873. The fraction of sp³-hybridized carbons (Fsp3) is 0.231. The number of benzene rings is 1. The second kappa shape index (κ2) is 4.91. The second-order valence-corrected chi connectivity index (χ2v) is 4.11. The molecule has 2 aromatic rings. The van der Waals surface area contributed by atoms with Crippen LogP contribution in [0.3, 0.4) is 0 Å². The fourth-order valence-electron chi connectivity index (χ4n) is 1.84. The molecule has 0 bridgehead atoms. The van der Waals surface area contributed by atoms with Crippen molar-refractivity contribution in [1.82, 2.24) is 14.9 Å². The van der Waals surface area contributed by atoms with E-state index in [1.807, 2.05) is 48.9 Å². The van der Waals surface area contributed by atoms with Gasteiger partial charge in [-0.05, 0) is 31.5 Å². The van der Waals surface area contributed by atoms with Gasteiger partial charge in [-0.2, -0.15) is 0 Å². The highest BCUT2D eigenvalue weighted by Crippen LogP contribution is 2.16. The lowest BCUT2D eigenvalue weighted by Gasteiger charge is -2.12. The van der Waals surface area contributed by atoms with Crippen molar-refractivity contribution >= 4 is 6.09 Å². The van der Waals surface area contributed by atoms with E-state index in [9.17, 15) is 4.79 Å². The van der Waals surface area contributed by atoms with Crippen LogP contribution in [0, 0.1) is 6.92 Å². The van der Waals surface area contributed by atoms with Crippen molar-refractivity contribution < 1.29 is 9.90 Å². The maximum atomic E-state index is 10.6. The summed E-state index contributed by atoms with van der Waals surface area (Å²) in [5, 5.41) is 11.1. The number of aromatic nitrogens is 2. The predicted molar refractivity (Wildman–Crippen MR) is 67.9 cm³/mol. The number of carbonyl (C=O) groups is 1. The number of imidazole rings is 1. The fourth-order valence-corrected chi connectivity index (χ4v) is 1.84. The Bertz CT molecular complexity index is 546.